The number of hydrogen-bond acceptors (Lipinski definition) is 3. The summed E-state index contributed by atoms with van der Waals surface area (Å²) in [5, 5.41) is 6.87. The third-order valence-electron chi connectivity index (χ3n) is 4.48. The second-order valence-electron chi connectivity index (χ2n) is 6.51. The first-order valence-electron chi connectivity index (χ1n) is 8.79. The van der Waals surface area contributed by atoms with Crippen molar-refractivity contribution in [3.05, 3.63) is 30.1 Å². The number of hydrogen-bond donors (Lipinski definition) is 2. The molecule has 2 N–H and O–H groups in total. The molecule has 24 heavy (non-hydrogen) atoms. The molecule has 0 saturated carbocycles. The van der Waals surface area contributed by atoms with Crippen LogP contribution in [-0.2, 0) is 6.42 Å². The zero-order valence-electron chi connectivity index (χ0n) is 15.2. The minimum Gasteiger partial charge on any atom is -0.356 e. The molecule has 0 aliphatic carbocycles. The van der Waals surface area contributed by atoms with Crippen molar-refractivity contribution in [2.24, 2.45) is 10.9 Å². The van der Waals surface area contributed by atoms with E-state index in [4.69, 9.17) is 0 Å². The summed E-state index contributed by atoms with van der Waals surface area (Å²) in [6, 6.07) is 6.60. The van der Waals surface area contributed by atoms with Crippen LogP contribution in [0.4, 0.5) is 0 Å². The van der Waals surface area contributed by atoms with Crippen molar-refractivity contribution in [3.63, 3.8) is 0 Å². The molecule has 5 nitrogen and oxygen atoms in total. The van der Waals surface area contributed by atoms with E-state index in [0.717, 1.165) is 31.2 Å². The summed E-state index contributed by atoms with van der Waals surface area (Å²) in [4.78, 5) is 11.3. The Morgan fingerprint density at radius 2 is 2.00 bits per heavy atom. The molecule has 1 saturated heterocycles. The molecule has 0 aromatic carbocycles. The third kappa shape index (κ3) is 6.93. The molecule has 1 aromatic rings. The van der Waals surface area contributed by atoms with Crippen LogP contribution in [0.2, 0.25) is 0 Å². The molecule has 6 heteroatoms. The maximum absolute atomic E-state index is 4.34. The zero-order valence-corrected chi connectivity index (χ0v) is 17.5. The monoisotopic (exact) mass is 445 g/mol. The van der Waals surface area contributed by atoms with Crippen molar-refractivity contribution in [1.82, 2.24) is 20.5 Å². The van der Waals surface area contributed by atoms with Crippen LogP contribution >= 0.6 is 24.0 Å². The molecule has 0 bridgehead atoms. The average molecular weight is 445 g/mol. The van der Waals surface area contributed by atoms with Gasteiger partial charge in [0.1, 0.15) is 0 Å². The van der Waals surface area contributed by atoms with Gasteiger partial charge in [0, 0.05) is 44.5 Å². The molecule has 1 fully saturated rings. The van der Waals surface area contributed by atoms with E-state index in [-0.39, 0.29) is 24.0 Å². The first-order valence-corrected chi connectivity index (χ1v) is 8.79. The molecule has 1 atom stereocenters. The number of rotatable bonds is 7. The molecule has 0 radical (unpaired) electrons. The lowest BCUT2D eigenvalue weighted by molar-refractivity contribution is 0.192. The Hall–Kier alpha value is -0.890. The Bertz CT molecular complexity index is 472. The topological polar surface area (TPSA) is 52.6 Å². The van der Waals surface area contributed by atoms with Gasteiger partial charge in [-0.1, -0.05) is 19.9 Å². The highest BCUT2D eigenvalue weighted by atomic mass is 127. The fraction of sp³-hybridized carbons (Fsp3) is 0.667. The highest BCUT2D eigenvalue weighted by molar-refractivity contribution is 14.0. The molecule has 1 aliphatic rings. The number of guanidine groups is 1. The van der Waals surface area contributed by atoms with E-state index >= 15 is 0 Å². The van der Waals surface area contributed by atoms with Gasteiger partial charge in [-0.25, -0.2) is 0 Å². The summed E-state index contributed by atoms with van der Waals surface area (Å²) < 4.78 is 0. The van der Waals surface area contributed by atoms with Gasteiger partial charge >= 0.3 is 0 Å². The van der Waals surface area contributed by atoms with Crippen molar-refractivity contribution >= 4 is 29.9 Å². The summed E-state index contributed by atoms with van der Waals surface area (Å²) in [5.41, 5.74) is 1.10. The third-order valence-corrected chi connectivity index (χ3v) is 4.48. The maximum Gasteiger partial charge on any atom is 0.191 e. The van der Waals surface area contributed by atoms with Crippen molar-refractivity contribution in [2.75, 3.05) is 33.2 Å². The summed E-state index contributed by atoms with van der Waals surface area (Å²) >= 11 is 0. The highest BCUT2D eigenvalue weighted by Gasteiger charge is 2.24. The van der Waals surface area contributed by atoms with Crippen LogP contribution in [-0.4, -0.2) is 55.1 Å². The van der Waals surface area contributed by atoms with Crippen LogP contribution in [0.25, 0.3) is 0 Å². The van der Waals surface area contributed by atoms with Gasteiger partial charge in [0.15, 0.2) is 5.96 Å². The van der Waals surface area contributed by atoms with Gasteiger partial charge in [0.25, 0.3) is 0 Å². The fourth-order valence-corrected chi connectivity index (χ4v) is 3.14. The van der Waals surface area contributed by atoms with Crippen molar-refractivity contribution in [1.29, 1.82) is 0 Å². The highest BCUT2D eigenvalue weighted by Crippen LogP contribution is 2.16. The number of halogens is 1. The number of nitrogens with one attached hydrogen (secondary N) is 2. The number of aliphatic imine (C=N–C) groups is 1. The maximum atomic E-state index is 4.34. The Labute approximate surface area is 163 Å². The quantitative estimate of drug-likeness (QED) is 0.385. The second kappa shape index (κ2) is 11.6. The van der Waals surface area contributed by atoms with E-state index in [1.165, 1.54) is 25.9 Å². The summed E-state index contributed by atoms with van der Waals surface area (Å²) in [6.45, 7) is 8.87. The van der Waals surface area contributed by atoms with E-state index in [1.807, 2.05) is 25.4 Å². The van der Waals surface area contributed by atoms with Crippen LogP contribution in [0.15, 0.2) is 29.4 Å². The predicted molar refractivity (Wildman–Crippen MR) is 112 cm³/mol. The molecule has 1 aliphatic heterocycles. The standard InChI is InChI=1S/C18H31N5.HI/c1-15(2)17(23-12-6-7-13-23)14-22-18(19-3)21-11-9-16-8-4-5-10-20-16;/h4-5,8,10,15,17H,6-7,9,11-14H2,1-3H3,(H2,19,21,22);1H. The minimum atomic E-state index is 0. The van der Waals surface area contributed by atoms with Crippen LogP contribution in [0.3, 0.4) is 0 Å². The van der Waals surface area contributed by atoms with E-state index in [1.54, 1.807) is 0 Å². The van der Waals surface area contributed by atoms with Gasteiger partial charge in [0.2, 0.25) is 0 Å². The van der Waals surface area contributed by atoms with Crippen molar-refractivity contribution in [2.45, 2.75) is 39.2 Å². The first kappa shape index (κ1) is 21.2. The molecule has 1 unspecified atom stereocenters. The van der Waals surface area contributed by atoms with Crippen molar-refractivity contribution in [3.8, 4) is 0 Å². The normalized spacial score (nSPS) is 16.8. The lowest BCUT2D eigenvalue weighted by Gasteiger charge is -2.31. The Balaban J connectivity index is 0.00000288. The number of nitrogens with zero attached hydrogens (tertiary/aromatic N) is 3. The van der Waals surface area contributed by atoms with E-state index in [0.29, 0.717) is 12.0 Å². The van der Waals surface area contributed by atoms with Crippen LogP contribution in [0.1, 0.15) is 32.4 Å². The summed E-state index contributed by atoms with van der Waals surface area (Å²) in [7, 11) is 1.83. The van der Waals surface area contributed by atoms with Gasteiger partial charge in [-0.2, -0.15) is 0 Å². The molecule has 1 aromatic heterocycles. The average Bonchev–Trinajstić information content (AvgIpc) is 3.08. The van der Waals surface area contributed by atoms with Crippen LogP contribution in [0, 0.1) is 5.92 Å². The smallest absolute Gasteiger partial charge is 0.191 e. The van der Waals surface area contributed by atoms with Crippen molar-refractivity contribution < 1.29 is 0 Å². The van der Waals surface area contributed by atoms with E-state index < -0.39 is 0 Å². The lowest BCUT2D eigenvalue weighted by atomic mass is 10.0. The van der Waals surface area contributed by atoms with Gasteiger partial charge in [0.05, 0.1) is 0 Å². The summed E-state index contributed by atoms with van der Waals surface area (Å²) in [6.07, 6.45) is 5.41. The Kier molecular flexibility index (Phi) is 10.2. The second-order valence-corrected chi connectivity index (χ2v) is 6.51. The van der Waals surface area contributed by atoms with Crippen LogP contribution in [0.5, 0.6) is 0 Å². The molecule has 136 valence electrons. The molecular weight excluding hydrogens is 413 g/mol. The molecule has 0 spiro atoms. The predicted octanol–water partition coefficient (Wildman–Crippen LogP) is 2.53. The van der Waals surface area contributed by atoms with Gasteiger partial charge in [-0.3, -0.25) is 14.9 Å². The van der Waals surface area contributed by atoms with Crippen LogP contribution < -0.4 is 10.6 Å². The van der Waals surface area contributed by atoms with E-state index in [2.05, 4.69) is 45.4 Å². The van der Waals surface area contributed by atoms with Gasteiger partial charge in [-0.05, 0) is 44.0 Å². The lowest BCUT2D eigenvalue weighted by Crippen LogP contribution is -2.48. The molecule has 2 rings (SSSR count). The van der Waals surface area contributed by atoms with E-state index in [9.17, 15) is 0 Å². The molecule has 0 amide bonds. The molecular formula is C18H32IN5. The minimum absolute atomic E-state index is 0. The largest absolute Gasteiger partial charge is 0.356 e. The Morgan fingerprint density at radius 3 is 2.58 bits per heavy atom. The van der Waals surface area contributed by atoms with Gasteiger partial charge in [-0.15, -0.1) is 24.0 Å². The SMILES string of the molecule is CN=C(NCCc1ccccn1)NCC(C(C)C)N1CCCC1.I. The molecule has 2 heterocycles. The fourth-order valence-electron chi connectivity index (χ4n) is 3.14. The zero-order chi connectivity index (χ0) is 16.5. The first-order chi connectivity index (χ1) is 11.2. The number of likely N-dealkylation sites (tertiary alicyclic amines) is 1. The number of pyridine rings is 1. The van der Waals surface area contributed by atoms with Gasteiger partial charge < -0.3 is 10.6 Å². The Morgan fingerprint density at radius 1 is 1.25 bits per heavy atom. The summed E-state index contributed by atoms with van der Waals surface area (Å²) in [5.74, 6) is 1.53. The number of aromatic nitrogens is 1.